The summed E-state index contributed by atoms with van der Waals surface area (Å²) in [5, 5.41) is 0. The van der Waals surface area contributed by atoms with Gasteiger partial charge in [0.05, 0.1) is 13.0 Å². The second-order valence-electron chi connectivity index (χ2n) is 5.25. The van der Waals surface area contributed by atoms with Crippen LogP contribution in [0.15, 0.2) is 18.2 Å². The van der Waals surface area contributed by atoms with Crippen molar-refractivity contribution < 1.29 is 14.3 Å². The van der Waals surface area contributed by atoms with Crippen molar-refractivity contribution in [3.8, 4) is 0 Å². The molecule has 4 nitrogen and oxygen atoms in total. The molecule has 1 fully saturated rings. The number of nitrogen functional groups attached to an aromatic ring is 1. The van der Waals surface area contributed by atoms with Crippen LogP contribution in [0.4, 0.5) is 5.69 Å². The number of esters is 1. The van der Waals surface area contributed by atoms with Gasteiger partial charge in [-0.25, -0.2) is 0 Å². The number of rotatable bonds is 5. The van der Waals surface area contributed by atoms with Crippen LogP contribution in [0, 0.1) is 5.92 Å². The van der Waals surface area contributed by atoms with Crippen LogP contribution in [0.1, 0.15) is 48.5 Å². The molecule has 0 bridgehead atoms. The molecule has 0 heterocycles. The van der Waals surface area contributed by atoms with Crippen molar-refractivity contribution in [1.29, 1.82) is 0 Å². The molecule has 1 aromatic rings. The molecule has 0 unspecified atom stereocenters. The van der Waals surface area contributed by atoms with E-state index in [-0.39, 0.29) is 24.1 Å². The standard InChI is InChI=1S/C16H21NO3/c1-2-20-15(18)10-11-7-8-14(17)13(9-11)16(19)12-5-3-4-6-12/h7-9,12H,2-6,10,17H2,1H3. The van der Waals surface area contributed by atoms with Gasteiger partial charge in [0, 0.05) is 17.2 Å². The lowest BCUT2D eigenvalue weighted by Gasteiger charge is -2.12. The zero-order valence-corrected chi connectivity index (χ0v) is 11.9. The topological polar surface area (TPSA) is 69.4 Å². The maximum absolute atomic E-state index is 12.4. The smallest absolute Gasteiger partial charge is 0.310 e. The Morgan fingerprint density at radius 1 is 1.30 bits per heavy atom. The maximum Gasteiger partial charge on any atom is 0.310 e. The van der Waals surface area contributed by atoms with Crippen LogP contribution < -0.4 is 5.73 Å². The molecule has 0 amide bonds. The highest BCUT2D eigenvalue weighted by Crippen LogP contribution is 2.30. The number of Topliss-reactive ketones (excluding diaryl/α,β-unsaturated/α-hetero) is 1. The minimum absolute atomic E-state index is 0.0927. The van der Waals surface area contributed by atoms with Crippen LogP contribution in [0.2, 0.25) is 0 Å². The summed E-state index contributed by atoms with van der Waals surface area (Å²) >= 11 is 0. The molecule has 0 atom stereocenters. The number of carbonyl (C=O) groups excluding carboxylic acids is 2. The van der Waals surface area contributed by atoms with Gasteiger partial charge in [-0.3, -0.25) is 9.59 Å². The summed E-state index contributed by atoms with van der Waals surface area (Å²) in [6.07, 6.45) is 4.29. The van der Waals surface area contributed by atoms with Crippen molar-refractivity contribution in [2.75, 3.05) is 12.3 Å². The molecule has 0 radical (unpaired) electrons. The van der Waals surface area contributed by atoms with Gasteiger partial charge in [0.25, 0.3) is 0 Å². The lowest BCUT2D eigenvalue weighted by atomic mass is 9.93. The van der Waals surface area contributed by atoms with Gasteiger partial charge in [-0.05, 0) is 37.5 Å². The van der Waals surface area contributed by atoms with E-state index in [9.17, 15) is 9.59 Å². The molecule has 2 N–H and O–H groups in total. The quantitative estimate of drug-likeness (QED) is 0.509. The van der Waals surface area contributed by atoms with E-state index in [1.54, 1.807) is 25.1 Å². The lowest BCUT2D eigenvalue weighted by Crippen LogP contribution is -2.14. The summed E-state index contributed by atoms with van der Waals surface area (Å²) < 4.78 is 4.92. The van der Waals surface area contributed by atoms with Gasteiger partial charge >= 0.3 is 5.97 Å². The first kappa shape index (κ1) is 14.6. The molecule has 20 heavy (non-hydrogen) atoms. The number of ketones is 1. The first-order chi connectivity index (χ1) is 9.61. The van der Waals surface area contributed by atoms with E-state index in [4.69, 9.17) is 10.5 Å². The summed E-state index contributed by atoms with van der Waals surface area (Å²) in [5.74, 6) is -0.0719. The predicted molar refractivity (Wildman–Crippen MR) is 77.5 cm³/mol. The van der Waals surface area contributed by atoms with Gasteiger partial charge in [-0.1, -0.05) is 18.9 Å². The average Bonchev–Trinajstić information content (AvgIpc) is 2.94. The van der Waals surface area contributed by atoms with Crippen LogP contribution >= 0.6 is 0 Å². The average molecular weight is 275 g/mol. The van der Waals surface area contributed by atoms with Gasteiger partial charge in [-0.15, -0.1) is 0 Å². The Labute approximate surface area is 119 Å². The van der Waals surface area contributed by atoms with Crippen LogP contribution in [-0.4, -0.2) is 18.4 Å². The minimum Gasteiger partial charge on any atom is -0.466 e. The van der Waals surface area contributed by atoms with Crippen LogP contribution in [-0.2, 0) is 16.0 Å². The second kappa shape index (κ2) is 6.55. The summed E-state index contributed by atoms with van der Waals surface area (Å²) in [6, 6.07) is 5.22. The zero-order chi connectivity index (χ0) is 14.5. The summed E-state index contributed by atoms with van der Waals surface area (Å²) in [6.45, 7) is 2.14. The molecule has 1 saturated carbocycles. The van der Waals surface area contributed by atoms with Crippen molar-refractivity contribution in [3.63, 3.8) is 0 Å². The van der Waals surface area contributed by atoms with Gasteiger partial charge in [0.1, 0.15) is 0 Å². The molecule has 0 aromatic heterocycles. The van der Waals surface area contributed by atoms with Crippen molar-refractivity contribution in [2.24, 2.45) is 5.92 Å². The monoisotopic (exact) mass is 275 g/mol. The maximum atomic E-state index is 12.4. The number of carbonyl (C=O) groups is 2. The Hall–Kier alpha value is -1.84. The van der Waals surface area contributed by atoms with Crippen LogP contribution in [0.5, 0.6) is 0 Å². The fraction of sp³-hybridized carbons (Fsp3) is 0.500. The number of benzene rings is 1. The predicted octanol–water partition coefficient (Wildman–Crippen LogP) is 2.75. The van der Waals surface area contributed by atoms with Crippen LogP contribution in [0.25, 0.3) is 0 Å². The van der Waals surface area contributed by atoms with E-state index in [0.29, 0.717) is 17.9 Å². The first-order valence-electron chi connectivity index (χ1n) is 7.20. The largest absolute Gasteiger partial charge is 0.466 e. The minimum atomic E-state index is -0.281. The summed E-state index contributed by atoms with van der Waals surface area (Å²) in [5.41, 5.74) is 7.74. The summed E-state index contributed by atoms with van der Waals surface area (Å²) in [7, 11) is 0. The molecular weight excluding hydrogens is 254 g/mol. The molecule has 108 valence electrons. The fourth-order valence-electron chi connectivity index (χ4n) is 2.71. The van der Waals surface area contributed by atoms with Crippen molar-refractivity contribution in [3.05, 3.63) is 29.3 Å². The second-order valence-corrected chi connectivity index (χ2v) is 5.25. The first-order valence-corrected chi connectivity index (χ1v) is 7.20. The zero-order valence-electron chi connectivity index (χ0n) is 11.9. The number of hydrogen-bond acceptors (Lipinski definition) is 4. The highest BCUT2D eigenvalue weighted by Gasteiger charge is 2.25. The normalized spacial score (nSPS) is 15.2. The number of anilines is 1. The van der Waals surface area contributed by atoms with E-state index < -0.39 is 0 Å². The van der Waals surface area contributed by atoms with Gasteiger partial charge in [0.15, 0.2) is 5.78 Å². The number of hydrogen-bond donors (Lipinski definition) is 1. The molecule has 4 heteroatoms. The number of ether oxygens (including phenoxy) is 1. The fourth-order valence-corrected chi connectivity index (χ4v) is 2.71. The molecule has 0 spiro atoms. The molecule has 1 aliphatic rings. The third kappa shape index (κ3) is 3.38. The van der Waals surface area contributed by atoms with Crippen LogP contribution in [0.3, 0.4) is 0 Å². The van der Waals surface area contributed by atoms with E-state index in [2.05, 4.69) is 0 Å². The Morgan fingerprint density at radius 2 is 2.00 bits per heavy atom. The highest BCUT2D eigenvalue weighted by atomic mass is 16.5. The highest BCUT2D eigenvalue weighted by molar-refractivity contribution is 6.02. The lowest BCUT2D eigenvalue weighted by molar-refractivity contribution is -0.142. The molecule has 1 aliphatic carbocycles. The molecule has 2 rings (SSSR count). The SMILES string of the molecule is CCOC(=O)Cc1ccc(N)c(C(=O)C2CCCC2)c1. The van der Waals surface area contributed by atoms with E-state index in [1.165, 1.54) is 0 Å². The molecular formula is C16H21NO3. The Bertz CT molecular complexity index is 504. The van der Waals surface area contributed by atoms with Gasteiger partial charge in [-0.2, -0.15) is 0 Å². The Kier molecular flexibility index (Phi) is 4.77. The molecule has 0 saturated heterocycles. The van der Waals surface area contributed by atoms with Crippen molar-refractivity contribution >= 4 is 17.4 Å². The molecule has 0 aliphatic heterocycles. The van der Waals surface area contributed by atoms with E-state index in [0.717, 1.165) is 31.2 Å². The van der Waals surface area contributed by atoms with Crippen molar-refractivity contribution in [2.45, 2.75) is 39.0 Å². The third-order valence-electron chi connectivity index (χ3n) is 3.76. The van der Waals surface area contributed by atoms with E-state index >= 15 is 0 Å². The Morgan fingerprint density at radius 3 is 2.65 bits per heavy atom. The number of nitrogens with two attached hydrogens (primary N) is 1. The Balaban J connectivity index is 2.15. The van der Waals surface area contributed by atoms with Gasteiger partial charge in [0.2, 0.25) is 0 Å². The molecule has 1 aromatic carbocycles. The van der Waals surface area contributed by atoms with E-state index in [1.807, 2.05) is 0 Å². The van der Waals surface area contributed by atoms with Gasteiger partial charge < -0.3 is 10.5 Å². The third-order valence-corrected chi connectivity index (χ3v) is 3.76. The summed E-state index contributed by atoms with van der Waals surface area (Å²) in [4.78, 5) is 23.9. The van der Waals surface area contributed by atoms with Crippen molar-refractivity contribution in [1.82, 2.24) is 0 Å².